The van der Waals surface area contributed by atoms with E-state index in [1.165, 1.54) is 4.90 Å². The Labute approximate surface area is 148 Å². The van der Waals surface area contributed by atoms with Gasteiger partial charge in [-0.2, -0.15) is 0 Å². The summed E-state index contributed by atoms with van der Waals surface area (Å²) in [6, 6.07) is 7.66. The zero-order chi connectivity index (χ0) is 18.6. The van der Waals surface area contributed by atoms with Crippen LogP contribution in [0.3, 0.4) is 0 Å². The van der Waals surface area contributed by atoms with Crippen LogP contribution in [0, 0.1) is 11.8 Å². The van der Waals surface area contributed by atoms with Crippen molar-refractivity contribution >= 4 is 12.1 Å². The molecular formula is C19H27NO5. The molecule has 138 valence electrons. The first-order chi connectivity index (χ1) is 11.7. The third-order valence-electron chi connectivity index (χ3n) is 4.38. The maximum absolute atomic E-state index is 12.2. The van der Waals surface area contributed by atoms with Gasteiger partial charge in [0.25, 0.3) is 0 Å². The second kappa shape index (κ2) is 7.76. The zero-order valence-corrected chi connectivity index (χ0v) is 15.3. The van der Waals surface area contributed by atoms with Crippen LogP contribution in [-0.4, -0.2) is 47.9 Å². The largest absolute Gasteiger partial charge is 0.497 e. The fourth-order valence-corrected chi connectivity index (χ4v) is 3.08. The smallest absolute Gasteiger partial charge is 0.410 e. The van der Waals surface area contributed by atoms with Gasteiger partial charge in [0, 0.05) is 13.1 Å². The fourth-order valence-electron chi connectivity index (χ4n) is 3.08. The maximum atomic E-state index is 12.2. The van der Waals surface area contributed by atoms with Gasteiger partial charge in [0.05, 0.1) is 13.0 Å². The number of carboxylic acids is 1. The number of benzene rings is 1. The lowest BCUT2D eigenvalue weighted by Gasteiger charge is -2.37. The number of ether oxygens (including phenoxy) is 2. The first-order valence-corrected chi connectivity index (χ1v) is 8.53. The topological polar surface area (TPSA) is 76.1 Å². The van der Waals surface area contributed by atoms with Crippen LogP contribution in [0.5, 0.6) is 5.75 Å². The van der Waals surface area contributed by atoms with Gasteiger partial charge in [0.1, 0.15) is 11.4 Å². The minimum atomic E-state index is -0.869. The summed E-state index contributed by atoms with van der Waals surface area (Å²) >= 11 is 0. The van der Waals surface area contributed by atoms with Gasteiger partial charge in [-0.05, 0) is 57.2 Å². The molecule has 1 saturated heterocycles. The number of carbonyl (C=O) groups excluding carboxylic acids is 1. The third-order valence-corrected chi connectivity index (χ3v) is 4.38. The predicted octanol–water partition coefficient (Wildman–Crippen LogP) is 3.20. The van der Waals surface area contributed by atoms with Crippen molar-refractivity contribution in [3.05, 3.63) is 29.8 Å². The number of piperidine rings is 1. The van der Waals surface area contributed by atoms with Crippen LogP contribution in [-0.2, 0) is 16.0 Å². The maximum Gasteiger partial charge on any atom is 0.410 e. The molecule has 0 aromatic heterocycles. The summed E-state index contributed by atoms with van der Waals surface area (Å²) < 4.78 is 10.5. The van der Waals surface area contributed by atoms with E-state index in [-0.39, 0.29) is 12.5 Å². The lowest BCUT2D eigenvalue weighted by Crippen LogP contribution is -2.48. The molecule has 1 heterocycles. The molecule has 1 aliphatic rings. The van der Waals surface area contributed by atoms with E-state index < -0.39 is 23.6 Å². The number of nitrogens with zero attached hydrogens (tertiary/aromatic N) is 1. The van der Waals surface area contributed by atoms with Gasteiger partial charge in [-0.15, -0.1) is 0 Å². The first kappa shape index (κ1) is 19.1. The number of carboxylic acid groups (broad SMARTS) is 1. The Morgan fingerprint density at radius 3 is 2.40 bits per heavy atom. The van der Waals surface area contributed by atoms with Crippen LogP contribution in [0.25, 0.3) is 0 Å². The SMILES string of the molecule is COc1ccc(C[C@H]2CCN(C(=O)OC(C)(C)C)C[C@@H]2C(=O)O)cc1. The van der Waals surface area contributed by atoms with Gasteiger partial charge in [0.15, 0.2) is 0 Å². The second-order valence-electron chi connectivity index (χ2n) is 7.47. The summed E-state index contributed by atoms with van der Waals surface area (Å²) in [5, 5.41) is 9.60. The second-order valence-corrected chi connectivity index (χ2v) is 7.47. The molecule has 0 aliphatic carbocycles. The van der Waals surface area contributed by atoms with Crippen molar-refractivity contribution in [3.63, 3.8) is 0 Å². The monoisotopic (exact) mass is 349 g/mol. The van der Waals surface area contributed by atoms with Crippen molar-refractivity contribution in [2.45, 2.75) is 39.2 Å². The number of likely N-dealkylation sites (tertiary alicyclic amines) is 1. The lowest BCUT2D eigenvalue weighted by atomic mass is 9.81. The summed E-state index contributed by atoms with van der Waals surface area (Å²) in [6.07, 6.45) is 0.868. The summed E-state index contributed by atoms with van der Waals surface area (Å²) in [4.78, 5) is 25.4. The van der Waals surface area contributed by atoms with Crippen LogP contribution in [0.1, 0.15) is 32.8 Å². The van der Waals surface area contributed by atoms with Crippen LogP contribution < -0.4 is 4.74 Å². The number of amides is 1. The summed E-state index contributed by atoms with van der Waals surface area (Å²) in [5.41, 5.74) is 0.484. The van der Waals surface area contributed by atoms with Gasteiger partial charge in [-0.25, -0.2) is 4.79 Å². The highest BCUT2D eigenvalue weighted by Crippen LogP contribution is 2.29. The molecule has 2 rings (SSSR count). The van der Waals surface area contributed by atoms with E-state index >= 15 is 0 Å². The lowest BCUT2D eigenvalue weighted by molar-refractivity contribution is -0.145. The molecule has 1 N–H and O–H groups in total. The molecule has 25 heavy (non-hydrogen) atoms. The summed E-state index contributed by atoms with van der Waals surface area (Å²) in [7, 11) is 1.61. The molecule has 1 amide bonds. The molecule has 0 saturated carbocycles. The molecule has 0 spiro atoms. The predicted molar refractivity (Wildman–Crippen MR) is 93.7 cm³/mol. The Bertz CT molecular complexity index is 605. The molecule has 1 fully saturated rings. The first-order valence-electron chi connectivity index (χ1n) is 8.53. The molecular weight excluding hydrogens is 322 g/mol. The van der Waals surface area contributed by atoms with E-state index in [1.54, 1.807) is 27.9 Å². The van der Waals surface area contributed by atoms with Crippen molar-refractivity contribution in [1.29, 1.82) is 0 Å². The number of carbonyl (C=O) groups is 2. The van der Waals surface area contributed by atoms with Crippen LogP contribution in [0.4, 0.5) is 4.79 Å². The quantitative estimate of drug-likeness (QED) is 0.903. The average Bonchev–Trinajstić information content (AvgIpc) is 2.54. The Morgan fingerprint density at radius 1 is 1.24 bits per heavy atom. The molecule has 6 nitrogen and oxygen atoms in total. The Hall–Kier alpha value is -2.24. The highest BCUT2D eigenvalue weighted by atomic mass is 16.6. The minimum absolute atomic E-state index is 0.00965. The van der Waals surface area contributed by atoms with Crippen molar-refractivity contribution in [3.8, 4) is 5.75 Å². The van der Waals surface area contributed by atoms with Crippen LogP contribution >= 0.6 is 0 Å². The van der Waals surface area contributed by atoms with E-state index in [4.69, 9.17) is 9.47 Å². The van der Waals surface area contributed by atoms with E-state index in [2.05, 4.69) is 0 Å². The van der Waals surface area contributed by atoms with Crippen molar-refractivity contribution in [2.75, 3.05) is 20.2 Å². The Morgan fingerprint density at radius 2 is 1.88 bits per heavy atom. The standard InChI is InChI=1S/C19H27NO5/c1-19(2,3)25-18(23)20-10-9-14(16(12-20)17(21)22)11-13-5-7-15(24-4)8-6-13/h5-8,14,16H,9-12H2,1-4H3,(H,21,22)/t14-,16+/m1/s1. The average molecular weight is 349 g/mol. The van der Waals surface area contributed by atoms with Gasteiger partial charge in [0.2, 0.25) is 0 Å². The minimum Gasteiger partial charge on any atom is -0.497 e. The van der Waals surface area contributed by atoms with Gasteiger partial charge in [-0.3, -0.25) is 4.79 Å². The third kappa shape index (κ3) is 5.37. The van der Waals surface area contributed by atoms with E-state index in [1.807, 2.05) is 24.3 Å². The molecule has 1 aliphatic heterocycles. The van der Waals surface area contributed by atoms with Crippen LogP contribution in [0.15, 0.2) is 24.3 Å². The number of hydrogen-bond acceptors (Lipinski definition) is 4. The van der Waals surface area contributed by atoms with Gasteiger partial charge in [-0.1, -0.05) is 12.1 Å². The molecule has 1 aromatic rings. The highest BCUT2D eigenvalue weighted by molar-refractivity contribution is 5.73. The number of rotatable bonds is 4. The summed E-state index contributed by atoms with van der Waals surface area (Å²) in [5.74, 6) is -0.696. The fraction of sp³-hybridized carbons (Fsp3) is 0.579. The Kier molecular flexibility index (Phi) is 5.93. The zero-order valence-electron chi connectivity index (χ0n) is 15.3. The molecule has 0 radical (unpaired) electrons. The van der Waals surface area contributed by atoms with Crippen molar-refractivity contribution in [2.24, 2.45) is 11.8 Å². The molecule has 1 aromatic carbocycles. The normalized spacial score (nSPS) is 20.9. The van der Waals surface area contributed by atoms with E-state index in [9.17, 15) is 14.7 Å². The number of hydrogen-bond donors (Lipinski definition) is 1. The van der Waals surface area contributed by atoms with E-state index in [0.29, 0.717) is 19.4 Å². The van der Waals surface area contributed by atoms with Crippen molar-refractivity contribution < 1.29 is 24.2 Å². The molecule has 6 heteroatoms. The number of methoxy groups -OCH3 is 1. The molecule has 0 bridgehead atoms. The summed E-state index contributed by atoms with van der Waals surface area (Å²) in [6.45, 7) is 6.10. The Balaban J connectivity index is 2.03. The number of aliphatic carboxylic acids is 1. The highest BCUT2D eigenvalue weighted by Gasteiger charge is 2.37. The van der Waals surface area contributed by atoms with Crippen LogP contribution in [0.2, 0.25) is 0 Å². The van der Waals surface area contributed by atoms with Crippen molar-refractivity contribution in [1.82, 2.24) is 4.90 Å². The van der Waals surface area contributed by atoms with E-state index in [0.717, 1.165) is 11.3 Å². The molecule has 0 unspecified atom stereocenters. The van der Waals surface area contributed by atoms with Gasteiger partial charge < -0.3 is 19.5 Å². The molecule has 2 atom stereocenters. The van der Waals surface area contributed by atoms with Gasteiger partial charge >= 0.3 is 12.1 Å².